The van der Waals surface area contributed by atoms with Crippen molar-refractivity contribution >= 4 is 43.6 Å². The lowest BCUT2D eigenvalue weighted by Crippen LogP contribution is -2.04. The Bertz CT molecular complexity index is 1990. The van der Waals surface area contributed by atoms with Crippen LogP contribution in [0.4, 0.5) is 0 Å². The number of aryl methyl sites for hydroxylation is 2. The zero-order valence-corrected chi connectivity index (χ0v) is 25.8. The Morgan fingerprint density at radius 3 is 0.978 bits per heavy atom. The van der Waals surface area contributed by atoms with Crippen LogP contribution in [0.3, 0.4) is 0 Å². The van der Waals surface area contributed by atoms with Crippen LogP contribution in [0.1, 0.15) is 12.8 Å². The van der Waals surface area contributed by atoms with Gasteiger partial charge in [0, 0.05) is 56.7 Å². The molecule has 4 nitrogen and oxygen atoms in total. The Morgan fingerprint density at radius 1 is 0.348 bits per heavy atom. The van der Waals surface area contributed by atoms with Gasteiger partial charge in [-0.15, -0.1) is 0 Å². The molecular formula is C42H36N2O2. The van der Waals surface area contributed by atoms with E-state index in [1.54, 1.807) is 0 Å². The first-order chi connectivity index (χ1) is 22.8. The highest BCUT2D eigenvalue weighted by Crippen LogP contribution is 2.31. The van der Waals surface area contributed by atoms with Gasteiger partial charge >= 0.3 is 0 Å². The van der Waals surface area contributed by atoms with Crippen LogP contribution < -0.4 is 9.47 Å². The van der Waals surface area contributed by atoms with Crippen LogP contribution in [0.15, 0.2) is 146 Å². The minimum atomic E-state index is 0.670. The molecule has 0 unspecified atom stereocenters. The van der Waals surface area contributed by atoms with E-state index in [0.717, 1.165) is 48.6 Å². The molecule has 0 bridgehead atoms. The van der Waals surface area contributed by atoms with E-state index < -0.39 is 0 Å². The van der Waals surface area contributed by atoms with Gasteiger partial charge in [0.05, 0.1) is 13.2 Å². The van der Waals surface area contributed by atoms with Gasteiger partial charge in [-0.25, -0.2) is 0 Å². The predicted molar refractivity (Wildman–Crippen MR) is 191 cm³/mol. The molecule has 8 aromatic rings. The lowest BCUT2D eigenvalue weighted by atomic mass is 10.1. The van der Waals surface area contributed by atoms with E-state index in [2.05, 4.69) is 155 Å². The van der Waals surface area contributed by atoms with Crippen molar-refractivity contribution in [1.82, 2.24) is 9.13 Å². The molecule has 226 valence electrons. The molecule has 0 spiro atoms. The third kappa shape index (κ3) is 5.37. The van der Waals surface area contributed by atoms with Crippen LogP contribution in [-0.4, -0.2) is 22.3 Å². The topological polar surface area (TPSA) is 28.3 Å². The molecule has 0 N–H and O–H groups in total. The van der Waals surface area contributed by atoms with Crippen LogP contribution in [0.25, 0.3) is 54.7 Å². The lowest BCUT2D eigenvalue weighted by Gasteiger charge is -2.11. The fourth-order valence-electron chi connectivity index (χ4n) is 6.80. The van der Waals surface area contributed by atoms with Gasteiger partial charge in [-0.1, -0.05) is 97.1 Å². The van der Waals surface area contributed by atoms with Crippen molar-refractivity contribution in [2.45, 2.75) is 25.9 Å². The van der Waals surface area contributed by atoms with Gasteiger partial charge < -0.3 is 18.6 Å². The molecule has 46 heavy (non-hydrogen) atoms. The summed E-state index contributed by atoms with van der Waals surface area (Å²) in [7, 11) is 0. The summed E-state index contributed by atoms with van der Waals surface area (Å²) in [6, 6.07) is 51.4. The van der Waals surface area contributed by atoms with Gasteiger partial charge in [-0.3, -0.25) is 0 Å². The molecule has 4 heteroatoms. The zero-order valence-electron chi connectivity index (χ0n) is 25.8. The van der Waals surface area contributed by atoms with Crippen LogP contribution in [-0.2, 0) is 13.1 Å². The minimum absolute atomic E-state index is 0.670. The molecule has 0 fully saturated rings. The van der Waals surface area contributed by atoms with E-state index in [0.29, 0.717) is 13.2 Å². The van der Waals surface area contributed by atoms with Crippen LogP contribution in [0, 0.1) is 0 Å². The quantitative estimate of drug-likeness (QED) is 0.138. The SMILES string of the molecule is c1ccc2c(c1)c1ccccc1n2CCCOc1ccc(-c2ccc(OCCCn3c4ccccc4c4ccccc43)cc2)cc1. The summed E-state index contributed by atoms with van der Waals surface area (Å²) in [4.78, 5) is 0. The number of nitrogens with zero attached hydrogens (tertiary/aromatic N) is 2. The van der Waals surface area contributed by atoms with Crippen molar-refractivity contribution in [3.05, 3.63) is 146 Å². The smallest absolute Gasteiger partial charge is 0.119 e. The fraction of sp³-hybridized carbons (Fsp3) is 0.143. The Balaban J connectivity index is 0.837. The molecule has 0 aliphatic carbocycles. The minimum Gasteiger partial charge on any atom is -0.494 e. The highest BCUT2D eigenvalue weighted by atomic mass is 16.5. The number of aromatic nitrogens is 2. The second kappa shape index (κ2) is 12.5. The molecule has 0 aliphatic rings. The average Bonchev–Trinajstić information content (AvgIpc) is 3.62. The summed E-state index contributed by atoms with van der Waals surface area (Å²) in [5, 5.41) is 5.24. The van der Waals surface area contributed by atoms with Crippen LogP contribution in [0.5, 0.6) is 11.5 Å². The van der Waals surface area contributed by atoms with Crippen LogP contribution >= 0.6 is 0 Å². The molecule has 0 atom stereocenters. The van der Waals surface area contributed by atoms with Crippen molar-refractivity contribution < 1.29 is 9.47 Å². The normalized spacial score (nSPS) is 11.6. The van der Waals surface area contributed by atoms with E-state index >= 15 is 0 Å². The summed E-state index contributed by atoms with van der Waals surface area (Å²) in [5.41, 5.74) is 7.45. The summed E-state index contributed by atoms with van der Waals surface area (Å²) in [5.74, 6) is 1.79. The number of para-hydroxylation sites is 4. The second-order valence-corrected chi connectivity index (χ2v) is 11.8. The van der Waals surface area contributed by atoms with Gasteiger partial charge in [-0.2, -0.15) is 0 Å². The molecule has 6 aromatic carbocycles. The van der Waals surface area contributed by atoms with Crippen molar-refractivity contribution in [3.63, 3.8) is 0 Å². The molecule has 8 rings (SSSR count). The molecule has 0 radical (unpaired) electrons. The maximum absolute atomic E-state index is 6.13. The number of hydrogen-bond donors (Lipinski definition) is 0. The number of rotatable bonds is 11. The molecule has 0 saturated heterocycles. The molecule has 0 aliphatic heterocycles. The third-order valence-corrected chi connectivity index (χ3v) is 8.99. The summed E-state index contributed by atoms with van der Waals surface area (Å²) in [6.45, 7) is 3.17. The highest BCUT2D eigenvalue weighted by Gasteiger charge is 2.11. The van der Waals surface area contributed by atoms with Crippen LogP contribution in [0.2, 0.25) is 0 Å². The monoisotopic (exact) mass is 600 g/mol. The Hall–Kier alpha value is -5.48. The van der Waals surface area contributed by atoms with Gasteiger partial charge in [0.25, 0.3) is 0 Å². The maximum atomic E-state index is 6.13. The molecule has 0 saturated carbocycles. The molecule has 0 amide bonds. The summed E-state index contributed by atoms with van der Waals surface area (Å²) < 4.78 is 17.1. The van der Waals surface area contributed by atoms with Crippen molar-refractivity contribution in [2.24, 2.45) is 0 Å². The number of benzene rings is 6. The molecule has 2 heterocycles. The van der Waals surface area contributed by atoms with Gasteiger partial charge in [-0.05, 0) is 72.5 Å². The first-order valence-corrected chi connectivity index (χ1v) is 16.2. The summed E-state index contributed by atoms with van der Waals surface area (Å²) >= 11 is 0. The fourth-order valence-corrected chi connectivity index (χ4v) is 6.80. The van der Waals surface area contributed by atoms with E-state index in [1.807, 2.05) is 0 Å². The molecular weight excluding hydrogens is 564 g/mol. The Kier molecular flexibility index (Phi) is 7.61. The van der Waals surface area contributed by atoms with E-state index in [9.17, 15) is 0 Å². The first kappa shape index (κ1) is 28.0. The predicted octanol–water partition coefficient (Wildman–Crippen LogP) is 10.5. The standard InChI is InChI=1S/C42H36N2O2/c1-5-15-39-35(11-1)36-12-2-6-16-40(36)43(39)27-9-29-45-33-23-19-31(20-24-33)32-21-25-34(26-22-32)46-30-10-28-44-41-17-7-3-13-37(41)38-14-4-8-18-42(38)44/h1-8,11-26H,9-10,27-30H2. The Labute approximate surface area is 269 Å². The first-order valence-electron chi connectivity index (χ1n) is 16.2. The number of ether oxygens (including phenoxy) is 2. The third-order valence-electron chi connectivity index (χ3n) is 8.99. The van der Waals surface area contributed by atoms with E-state index in [4.69, 9.17) is 9.47 Å². The van der Waals surface area contributed by atoms with Crippen molar-refractivity contribution in [2.75, 3.05) is 13.2 Å². The maximum Gasteiger partial charge on any atom is 0.119 e. The molecule has 2 aromatic heterocycles. The lowest BCUT2D eigenvalue weighted by molar-refractivity contribution is 0.303. The van der Waals surface area contributed by atoms with Gasteiger partial charge in [0.2, 0.25) is 0 Å². The zero-order chi connectivity index (χ0) is 30.7. The summed E-state index contributed by atoms with van der Waals surface area (Å²) in [6.07, 6.45) is 1.87. The van der Waals surface area contributed by atoms with Crippen molar-refractivity contribution in [1.29, 1.82) is 0 Å². The van der Waals surface area contributed by atoms with Gasteiger partial charge in [0.1, 0.15) is 11.5 Å². The number of fused-ring (bicyclic) bond motifs is 6. The van der Waals surface area contributed by atoms with Crippen molar-refractivity contribution in [3.8, 4) is 22.6 Å². The van der Waals surface area contributed by atoms with E-state index in [-0.39, 0.29) is 0 Å². The second-order valence-electron chi connectivity index (χ2n) is 11.8. The Morgan fingerprint density at radius 2 is 0.652 bits per heavy atom. The number of hydrogen-bond acceptors (Lipinski definition) is 2. The average molecular weight is 601 g/mol. The largest absolute Gasteiger partial charge is 0.494 e. The highest BCUT2D eigenvalue weighted by molar-refractivity contribution is 6.08. The van der Waals surface area contributed by atoms with E-state index in [1.165, 1.54) is 43.6 Å². The van der Waals surface area contributed by atoms with Gasteiger partial charge in [0.15, 0.2) is 0 Å².